The van der Waals surface area contributed by atoms with E-state index in [1.807, 2.05) is 36.4 Å². The molecule has 0 aromatic heterocycles. The quantitative estimate of drug-likeness (QED) is 0.667. The highest BCUT2D eigenvalue weighted by Crippen LogP contribution is 2.26. The first-order valence-electron chi connectivity index (χ1n) is 11.8. The van der Waals surface area contributed by atoms with Crippen LogP contribution in [0.3, 0.4) is 0 Å². The second kappa shape index (κ2) is 11.0. The minimum Gasteiger partial charge on any atom is -0.497 e. The van der Waals surface area contributed by atoms with Crippen molar-refractivity contribution in [2.45, 2.75) is 31.7 Å². The minimum atomic E-state index is -0.455. The van der Waals surface area contributed by atoms with E-state index >= 15 is 0 Å². The first kappa shape index (κ1) is 23.5. The Morgan fingerprint density at radius 3 is 2.32 bits per heavy atom. The van der Waals surface area contributed by atoms with E-state index < -0.39 is 6.04 Å². The number of likely N-dealkylation sites (tertiary alicyclic amines) is 2. The van der Waals surface area contributed by atoms with Crippen LogP contribution in [-0.4, -0.2) is 60.3 Å². The van der Waals surface area contributed by atoms with Gasteiger partial charge in [0.15, 0.2) is 0 Å². The van der Waals surface area contributed by atoms with Crippen LogP contribution in [0.5, 0.6) is 5.75 Å². The highest BCUT2D eigenvalue weighted by molar-refractivity contribution is 5.98. The van der Waals surface area contributed by atoms with Gasteiger partial charge in [0.1, 0.15) is 11.8 Å². The molecule has 1 unspecified atom stereocenters. The van der Waals surface area contributed by atoms with Crippen LogP contribution < -0.4 is 10.1 Å². The molecule has 34 heavy (non-hydrogen) atoms. The highest BCUT2D eigenvalue weighted by atomic mass is 16.5. The molecule has 7 nitrogen and oxygen atoms in total. The zero-order valence-electron chi connectivity index (χ0n) is 19.5. The molecule has 0 bridgehead atoms. The number of piperidine rings is 1. The molecule has 0 radical (unpaired) electrons. The van der Waals surface area contributed by atoms with E-state index in [-0.39, 0.29) is 23.6 Å². The van der Waals surface area contributed by atoms with E-state index in [2.05, 4.69) is 5.32 Å². The Morgan fingerprint density at radius 2 is 1.65 bits per heavy atom. The number of ether oxygens (including phenoxy) is 1. The van der Waals surface area contributed by atoms with Gasteiger partial charge in [0.05, 0.1) is 7.11 Å². The van der Waals surface area contributed by atoms with E-state index in [4.69, 9.17) is 4.74 Å². The number of hydrogen-bond donors (Lipinski definition) is 1. The Balaban J connectivity index is 1.29. The molecule has 2 aromatic carbocycles. The summed E-state index contributed by atoms with van der Waals surface area (Å²) in [4.78, 5) is 42.2. The molecule has 2 heterocycles. The van der Waals surface area contributed by atoms with E-state index in [9.17, 15) is 14.4 Å². The standard InChI is InChI=1S/C27H31N3O4/c1-34-23-12-10-22(11-13-23)28-26(32)24-8-5-17-30(24)27(33)21-15-18-29(19-16-21)25(31)14-9-20-6-3-2-4-7-20/h2-4,6-7,9-14,21,24H,5,8,15-19H2,1H3,(H,28,32)/b14-9+. The number of carbonyl (C=O) groups excluding carboxylic acids is 3. The van der Waals surface area contributed by atoms with Crippen LogP contribution in [-0.2, 0) is 14.4 Å². The lowest BCUT2D eigenvalue weighted by molar-refractivity contribution is -0.142. The Kier molecular flexibility index (Phi) is 7.62. The van der Waals surface area contributed by atoms with Crippen molar-refractivity contribution < 1.29 is 19.1 Å². The Hall–Kier alpha value is -3.61. The zero-order valence-corrected chi connectivity index (χ0v) is 19.5. The molecule has 7 heteroatoms. The van der Waals surface area contributed by atoms with Crippen molar-refractivity contribution in [1.82, 2.24) is 9.80 Å². The first-order chi connectivity index (χ1) is 16.5. The minimum absolute atomic E-state index is 0.0271. The van der Waals surface area contributed by atoms with Crippen LogP contribution in [0.25, 0.3) is 6.08 Å². The van der Waals surface area contributed by atoms with Crippen molar-refractivity contribution in [2.75, 3.05) is 32.1 Å². The van der Waals surface area contributed by atoms with Crippen LogP contribution in [0.2, 0.25) is 0 Å². The molecule has 2 aliphatic heterocycles. The summed E-state index contributed by atoms with van der Waals surface area (Å²) in [7, 11) is 1.59. The Morgan fingerprint density at radius 1 is 0.941 bits per heavy atom. The van der Waals surface area contributed by atoms with E-state index in [1.165, 1.54) is 0 Å². The van der Waals surface area contributed by atoms with Gasteiger partial charge in [-0.15, -0.1) is 0 Å². The summed E-state index contributed by atoms with van der Waals surface area (Å²) in [5.41, 5.74) is 1.66. The molecule has 1 atom stereocenters. The fourth-order valence-electron chi connectivity index (χ4n) is 4.62. The maximum absolute atomic E-state index is 13.3. The Labute approximate surface area is 200 Å². The summed E-state index contributed by atoms with van der Waals surface area (Å²) in [6, 6.07) is 16.4. The van der Waals surface area contributed by atoms with Gasteiger partial charge in [-0.25, -0.2) is 0 Å². The van der Waals surface area contributed by atoms with Crippen molar-refractivity contribution in [1.29, 1.82) is 0 Å². The molecule has 4 rings (SSSR count). The fraction of sp³-hybridized carbons (Fsp3) is 0.370. The molecule has 2 aromatic rings. The van der Waals surface area contributed by atoms with E-state index in [1.54, 1.807) is 47.3 Å². The molecule has 3 amide bonds. The fourth-order valence-corrected chi connectivity index (χ4v) is 4.62. The SMILES string of the molecule is COc1ccc(NC(=O)C2CCCN2C(=O)C2CCN(C(=O)/C=C/c3ccccc3)CC2)cc1. The molecule has 178 valence electrons. The third kappa shape index (κ3) is 5.65. The van der Waals surface area contributed by atoms with Crippen molar-refractivity contribution in [2.24, 2.45) is 5.92 Å². The van der Waals surface area contributed by atoms with Crippen LogP contribution in [0.1, 0.15) is 31.2 Å². The third-order valence-corrected chi connectivity index (χ3v) is 6.57. The largest absolute Gasteiger partial charge is 0.497 e. The summed E-state index contributed by atoms with van der Waals surface area (Å²) in [5, 5.41) is 2.92. The number of methoxy groups -OCH3 is 1. The number of nitrogens with zero attached hydrogens (tertiary/aromatic N) is 2. The van der Waals surface area contributed by atoms with Crippen LogP contribution >= 0.6 is 0 Å². The third-order valence-electron chi connectivity index (χ3n) is 6.57. The molecule has 0 spiro atoms. The van der Waals surface area contributed by atoms with Crippen molar-refractivity contribution in [3.63, 3.8) is 0 Å². The van der Waals surface area contributed by atoms with Crippen molar-refractivity contribution >= 4 is 29.5 Å². The number of carbonyl (C=O) groups is 3. The van der Waals surface area contributed by atoms with Gasteiger partial charge in [-0.3, -0.25) is 14.4 Å². The molecule has 1 N–H and O–H groups in total. The predicted octanol–water partition coefficient (Wildman–Crippen LogP) is 3.58. The number of nitrogens with one attached hydrogen (secondary N) is 1. The van der Waals surface area contributed by atoms with E-state index in [0.717, 1.165) is 17.7 Å². The number of amides is 3. The average Bonchev–Trinajstić information content (AvgIpc) is 3.38. The lowest BCUT2D eigenvalue weighted by atomic mass is 9.94. The highest BCUT2D eigenvalue weighted by Gasteiger charge is 2.38. The normalized spacial score (nSPS) is 18.8. The molecule has 2 fully saturated rings. The summed E-state index contributed by atoms with van der Waals surface area (Å²) in [5.74, 6) is 0.397. The van der Waals surface area contributed by atoms with Gasteiger partial charge < -0.3 is 19.9 Å². The molecular formula is C27H31N3O4. The van der Waals surface area contributed by atoms with Gasteiger partial charge in [0.25, 0.3) is 0 Å². The molecule has 2 aliphatic rings. The van der Waals surface area contributed by atoms with E-state index in [0.29, 0.717) is 44.6 Å². The van der Waals surface area contributed by atoms with Gasteiger partial charge in [-0.1, -0.05) is 30.3 Å². The summed E-state index contributed by atoms with van der Waals surface area (Å²) in [6.45, 7) is 1.69. The predicted molar refractivity (Wildman–Crippen MR) is 131 cm³/mol. The van der Waals surface area contributed by atoms with Crippen LogP contribution in [0.15, 0.2) is 60.7 Å². The monoisotopic (exact) mass is 461 g/mol. The second-order valence-corrected chi connectivity index (χ2v) is 8.75. The topological polar surface area (TPSA) is 79.0 Å². The summed E-state index contributed by atoms with van der Waals surface area (Å²) < 4.78 is 5.15. The van der Waals surface area contributed by atoms with Gasteiger partial charge in [-0.2, -0.15) is 0 Å². The number of hydrogen-bond acceptors (Lipinski definition) is 4. The molecule has 0 aliphatic carbocycles. The second-order valence-electron chi connectivity index (χ2n) is 8.75. The summed E-state index contributed by atoms with van der Waals surface area (Å²) >= 11 is 0. The van der Waals surface area contributed by atoms with Crippen molar-refractivity contribution in [3.8, 4) is 5.75 Å². The lowest BCUT2D eigenvalue weighted by Crippen LogP contribution is -2.48. The number of benzene rings is 2. The van der Waals surface area contributed by atoms with Gasteiger partial charge in [0.2, 0.25) is 17.7 Å². The zero-order chi connectivity index (χ0) is 23.9. The maximum Gasteiger partial charge on any atom is 0.247 e. The number of rotatable bonds is 6. The van der Waals surface area contributed by atoms with Crippen molar-refractivity contribution in [3.05, 3.63) is 66.2 Å². The number of anilines is 1. The smallest absolute Gasteiger partial charge is 0.247 e. The molecule has 2 saturated heterocycles. The Bertz CT molecular complexity index is 1030. The first-order valence-corrected chi connectivity index (χ1v) is 11.8. The molecule has 0 saturated carbocycles. The van der Waals surface area contributed by atoms with Crippen LogP contribution in [0.4, 0.5) is 5.69 Å². The van der Waals surface area contributed by atoms with Gasteiger partial charge >= 0.3 is 0 Å². The average molecular weight is 462 g/mol. The maximum atomic E-state index is 13.3. The van der Waals surface area contributed by atoms with Crippen LogP contribution in [0, 0.1) is 5.92 Å². The van der Waals surface area contributed by atoms with Gasteiger partial charge in [0, 0.05) is 37.3 Å². The molecular weight excluding hydrogens is 430 g/mol. The van der Waals surface area contributed by atoms with Gasteiger partial charge in [-0.05, 0) is 61.6 Å². The lowest BCUT2D eigenvalue weighted by Gasteiger charge is -2.34. The summed E-state index contributed by atoms with van der Waals surface area (Å²) in [6.07, 6.45) is 6.12.